The van der Waals surface area contributed by atoms with Crippen LogP contribution in [0.4, 0.5) is 0 Å². The van der Waals surface area contributed by atoms with Crippen LogP contribution in [0.2, 0.25) is 5.02 Å². The number of aliphatic hydroxyl groups is 1. The van der Waals surface area contributed by atoms with Crippen LogP contribution in [0.3, 0.4) is 0 Å². The molecular weight excluding hydrogens is 307 g/mol. The Labute approximate surface area is 112 Å². The fourth-order valence-electron chi connectivity index (χ4n) is 1.49. The van der Waals surface area contributed by atoms with Gasteiger partial charge in [-0.1, -0.05) is 17.7 Å². The van der Waals surface area contributed by atoms with Crippen molar-refractivity contribution in [2.24, 2.45) is 0 Å². The van der Waals surface area contributed by atoms with Crippen LogP contribution in [0.5, 0.6) is 5.75 Å². The molecule has 3 nitrogen and oxygen atoms in total. The molecule has 90 valence electrons. The first-order valence-corrected chi connectivity index (χ1v) is 6.05. The molecule has 1 unspecified atom stereocenters. The van der Waals surface area contributed by atoms with Crippen molar-refractivity contribution < 1.29 is 14.3 Å². The molecular formula is C12H10BrClO3. The smallest absolute Gasteiger partial charge is 0.169 e. The number of hydrogen-bond donors (Lipinski definition) is 1. The second kappa shape index (κ2) is 5.12. The van der Waals surface area contributed by atoms with Crippen molar-refractivity contribution in [3.05, 3.63) is 51.3 Å². The second-order valence-corrected chi connectivity index (χ2v) is 4.63. The quantitative estimate of drug-likeness (QED) is 0.936. The summed E-state index contributed by atoms with van der Waals surface area (Å²) in [5, 5.41) is 10.5. The molecule has 0 aliphatic carbocycles. The zero-order chi connectivity index (χ0) is 12.4. The first-order chi connectivity index (χ1) is 8.11. The Morgan fingerprint density at radius 2 is 2.12 bits per heavy atom. The summed E-state index contributed by atoms with van der Waals surface area (Å²) in [5.74, 6) is 1.03. The van der Waals surface area contributed by atoms with Crippen molar-refractivity contribution in [1.82, 2.24) is 0 Å². The predicted octanol–water partition coefficient (Wildman–Crippen LogP) is 3.79. The summed E-state index contributed by atoms with van der Waals surface area (Å²) >= 11 is 9.18. The third kappa shape index (κ3) is 2.65. The lowest BCUT2D eigenvalue weighted by Crippen LogP contribution is -1.98. The van der Waals surface area contributed by atoms with Gasteiger partial charge in [0.15, 0.2) is 4.67 Å². The summed E-state index contributed by atoms with van der Waals surface area (Å²) in [6.07, 6.45) is -0.843. The van der Waals surface area contributed by atoms with Crippen molar-refractivity contribution in [2.45, 2.75) is 6.10 Å². The number of ether oxygens (including phenoxy) is 1. The Hall–Kier alpha value is -0.970. The molecule has 0 bridgehead atoms. The van der Waals surface area contributed by atoms with Crippen LogP contribution in [0.15, 0.2) is 39.4 Å². The van der Waals surface area contributed by atoms with E-state index < -0.39 is 6.10 Å². The third-order valence-corrected chi connectivity index (χ3v) is 3.08. The number of rotatable bonds is 3. The third-order valence-electron chi connectivity index (χ3n) is 2.36. The molecule has 0 saturated heterocycles. The number of methoxy groups -OCH3 is 1. The van der Waals surface area contributed by atoms with Crippen molar-refractivity contribution in [1.29, 1.82) is 0 Å². The Bertz CT molecular complexity index is 524. The first kappa shape index (κ1) is 12.5. The molecule has 2 aromatic rings. The molecule has 17 heavy (non-hydrogen) atoms. The maximum Gasteiger partial charge on any atom is 0.169 e. The van der Waals surface area contributed by atoms with Crippen LogP contribution in [0, 0.1) is 0 Å². The SMILES string of the molecule is COc1ccc(C(O)c2ccc(Br)o2)cc1Cl. The molecule has 1 aromatic carbocycles. The van der Waals surface area contributed by atoms with E-state index in [4.69, 9.17) is 20.8 Å². The van der Waals surface area contributed by atoms with E-state index in [1.807, 2.05) is 0 Å². The maximum atomic E-state index is 10.1. The van der Waals surface area contributed by atoms with E-state index in [2.05, 4.69) is 15.9 Å². The van der Waals surface area contributed by atoms with E-state index in [0.29, 0.717) is 26.8 Å². The highest BCUT2D eigenvalue weighted by molar-refractivity contribution is 9.10. The topological polar surface area (TPSA) is 42.6 Å². The number of aliphatic hydroxyl groups excluding tert-OH is 1. The lowest BCUT2D eigenvalue weighted by molar-refractivity contribution is 0.187. The fourth-order valence-corrected chi connectivity index (χ4v) is 2.08. The van der Waals surface area contributed by atoms with Crippen molar-refractivity contribution in [3.8, 4) is 5.75 Å². The van der Waals surface area contributed by atoms with Gasteiger partial charge in [-0.15, -0.1) is 0 Å². The average Bonchev–Trinajstić information content (AvgIpc) is 2.75. The van der Waals surface area contributed by atoms with Crippen LogP contribution in [-0.2, 0) is 0 Å². The minimum Gasteiger partial charge on any atom is -0.495 e. The number of halogens is 2. The van der Waals surface area contributed by atoms with Gasteiger partial charge in [0.2, 0.25) is 0 Å². The Balaban J connectivity index is 2.31. The van der Waals surface area contributed by atoms with Gasteiger partial charge in [-0.2, -0.15) is 0 Å². The monoisotopic (exact) mass is 316 g/mol. The molecule has 1 aromatic heterocycles. The lowest BCUT2D eigenvalue weighted by Gasteiger charge is -2.10. The highest BCUT2D eigenvalue weighted by Crippen LogP contribution is 2.31. The maximum absolute atomic E-state index is 10.1. The molecule has 2 rings (SSSR count). The molecule has 0 fully saturated rings. The number of furan rings is 1. The summed E-state index contributed by atoms with van der Waals surface area (Å²) in [6, 6.07) is 8.53. The predicted molar refractivity (Wildman–Crippen MR) is 68.5 cm³/mol. The zero-order valence-electron chi connectivity index (χ0n) is 8.98. The Morgan fingerprint density at radius 3 is 2.65 bits per heavy atom. The van der Waals surface area contributed by atoms with E-state index in [1.165, 1.54) is 0 Å². The zero-order valence-corrected chi connectivity index (χ0v) is 11.3. The van der Waals surface area contributed by atoms with Gasteiger partial charge in [-0.25, -0.2) is 0 Å². The van der Waals surface area contributed by atoms with Gasteiger partial charge in [0.25, 0.3) is 0 Å². The molecule has 0 saturated carbocycles. The largest absolute Gasteiger partial charge is 0.495 e. The minimum absolute atomic E-state index is 0.453. The molecule has 1 atom stereocenters. The normalized spacial score (nSPS) is 12.5. The summed E-state index contributed by atoms with van der Waals surface area (Å²) in [5.41, 5.74) is 0.651. The van der Waals surface area contributed by atoms with Crippen molar-refractivity contribution >= 4 is 27.5 Å². The highest BCUT2D eigenvalue weighted by Gasteiger charge is 2.15. The fraction of sp³-hybridized carbons (Fsp3) is 0.167. The molecule has 1 heterocycles. The number of hydrogen-bond acceptors (Lipinski definition) is 3. The van der Waals surface area contributed by atoms with Gasteiger partial charge >= 0.3 is 0 Å². The van der Waals surface area contributed by atoms with E-state index in [1.54, 1.807) is 37.4 Å². The van der Waals surface area contributed by atoms with Crippen LogP contribution in [0.1, 0.15) is 17.4 Å². The van der Waals surface area contributed by atoms with Crippen LogP contribution in [-0.4, -0.2) is 12.2 Å². The van der Waals surface area contributed by atoms with Gasteiger partial charge in [0, 0.05) is 0 Å². The van der Waals surface area contributed by atoms with Crippen LogP contribution >= 0.6 is 27.5 Å². The molecule has 5 heteroatoms. The Kier molecular flexibility index (Phi) is 3.76. The van der Waals surface area contributed by atoms with Gasteiger partial charge in [0.1, 0.15) is 17.6 Å². The highest BCUT2D eigenvalue weighted by atomic mass is 79.9. The van der Waals surface area contributed by atoms with Crippen LogP contribution < -0.4 is 4.74 Å². The molecule has 1 N–H and O–H groups in total. The van der Waals surface area contributed by atoms with E-state index in [9.17, 15) is 5.11 Å². The molecule has 0 spiro atoms. The van der Waals surface area contributed by atoms with E-state index in [-0.39, 0.29) is 0 Å². The molecule has 0 radical (unpaired) electrons. The van der Waals surface area contributed by atoms with Crippen LogP contribution in [0.25, 0.3) is 0 Å². The van der Waals surface area contributed by atoms with Crippen molar-refractivity contribution in [2.75, 3.05) is 7.11 Å². The first-order valence-electron chi connectivity index (χ1n) is 4.88. The molecule has 0 amide bonds. The summed E-state index contributed by atoms with van der Waals surface area (Å²) in [7, 11) is 1.54. The Morgan fingerprint density at radius 1 is 1.35 bits per heavy atom. The summed E-state index contributed by atoms with van der Waals surface area (Å²) in [6.45, 7) is 0. The molecule has 0 aliphatic heterocycles. The van der Waals surface area contributed by atoms with Gasteiger partial charge in [-0.3, -0.25) is 0 Å². The van der Waals surface area contributed by atoms with E-state index in [0.717, 1.165) is 0 Å². The van der Waals surface area contributed by atoms with Gasteiger partial charge in [0.05, 0.1) is 12.1 Å². The summed E-state index contributed by atoms with van der Waals surface area (Å²) < 4.78 is 10.9. The number of benzene rings is 1. The van der Waals surface area contributed by atoms with E-state index >= 15 is 0 Å². The van der Waals surface area contributed by atoms with Gasteiger partial charge < -0.3 is 14.3 Å². The average molecular weight is 318 g/mol. The van der Waals surface area contributed by atoms with Gasteiger partial charge in [-0.05, 0) is 45.8 Å². The second-order valence-electron chi connectivity index (χ2n) is 3.44. The van der Waals surface area contributed by atoms with Crippen molar-refractivity contribution in [3.63, 3.8) is 0 Å². The molecule has 0 aliphatic rings. The lowest BCUT2D eigenvalue weighted by atomic mass is 10.1. The standard InChI is InChI=1S/C12H10BrClO3/c1-16-9-3-2-7(6-8(9)14)12(15)10-4-5-11(13)17-10/h2-6,12,15H,1H3. The summed E-state index contributed by atoms with van der Waals surface area (Å²) in [4.78, 5) is 0. The minimum atomic E-state index is -0.843.